The molecule has 2 aromatic rings. The first-order chi connectivity index (χ1) is 11.5. The highest BCUT2D eigenvalue weighted by molar-refractivity contribution is 6.03. The van der Waals surface area contributed by atoms with Gasteiger partial charge in [0.25, 0.3) is 5.91 Å². The Bertz CT molecular complexity index is 700. The molecular weight excluding hydrogens is 302 g/mol. The van der Waals surface area contributed by atoms with Gasteiger partial charge in [-0.1, -0.05) is 17.7 Å². The van der Waals surface area contributed by atoms with Crippen molar-refractivity contribution in [3.63, 3.8) is 0 Å². The van der Waals surface area contributed by atoms with Crippen LogP contribution in [0.1, 0.15) is 28.0 Å². The molecule has 0 unspecified atom stereocenters. The van der Waals surface area contributed by atoms with Crippen molar-refractivity contribution >= 4 is 17.4 Å². The van der Waals surface area contributed by atoms with Gasteiger partial charge in [0, 0.05) is 18.3 Å². The lowest BCUT2D eigenvalue weighted by molar-refractivity contribution is 0.102. The van der Waals surface area contributed by atoms with E-state index >= 15 is 0 Å². The molecule has 0 bridgehead atoms. The summed E-state index contributed by atoms with van der Waals surface area (Å²) < 4.78 is 0. The second-order valence-corrected chi connectivity index (χ2v) is 6.14. The maximum absolute atomic E-state index is 12.4. The van der Waals surface area contributed by atoms with Gasteiger partial charge in [-0.05, 0) is 52.5 Å². The van der Waals surface area contributed by atoms with Crippen LogP contribution in [0.2, 0.25) is 0 Å². The maximum atomic E-state index is 12.4. The molecule has 0 aliphatic heterocycles. The van der Waals surface area contributed by atoms with Crippen molar-refractivity contribution in [2.24, 2.45) is 0 Å². The number of carbonyl (C=O) groups excluding carboxylic acids is 1. The van der Waals surface area contributed by atoms with Crippen LogP contribution in [-0.4, -0.2) is 48.0 Å². The van der Waals surface area contributed by atoms with E-state index < -0.39 is 0 Å². The van der Waals surface area contributed by atoms with Crippen LogP contribution in [-0.2, 0) is 0 Å². The Labute approximate surface area is 143 Å². The molecule has 1 aromatic heterocycles. The summed E-state index contributed by atoms with van der Waals surface area (Å²) >= 11 is 0. The summed E-state index contributed by atoms with van der Waals surface area (Å²) in [6.07, 6.45) is 2.41. The molecule has 0 saturated carbocycles. The zero-order chi connectivity index (χ0) is 17.5. The number of hydrogen-bond acceptors (Lipinski definition) is 5. The first-order valence-corrected chi connectivity index (χ1v) is 8.05. The van der Waals surface area contributed by atoms with E-state index in [4.69, 9.17) is 0 Å². The highest BCUT2D eigenvalue weighted by Gasteiger charge is 2.10. The summed E-state index contributed by atoms with van der Waals surface area (Å²) in [5.74, 6) is 0.426. The fourth-order valence-electron chi connectivity index (χ4n) is 2.33. The Hall–Kier alpha value is -2.47. The highest BCUT2D eigenvalue weighted by Crippen LogP contribution is 2.17. The molecule has 0 saturated heterocycles. The average Bonchev–Trinajstić information content (AvgIpc) is 2.54. The van der Waals surface area contributed by atoms with Crippen LogP contribution >= 0.6 is 0 Å². The van der Waals surface area contributed by atoms with Crippen molar-refractivity contribution < 1.29 is 4.79 Å². The monoisotopic (exact) mass is 327 g/mol. The number of aryl methyl sites for hydroxylation is 2. The summed E-state index contributed by atoms with van der Waals surface area (Å²) in [5, 5.41) is 6.12. The number of nitrogens with zero attached hydrogens (tertiary/aromatic N) is 3. The van der Waals surface area contributed by atoms with Gasteiger partial charge in [0.2, 0.25) is 0 Å². The normalized spacial score (nSPS) is 10.7. The standard InChI is InChI=1S/C18H25N5O/c1-13-6-7-15(14(2)10-13)22-18(24)16-11-17(21-12-20-16)19-8-5-9-23(3)4/h6-7,10-12H,5,8-9H2,1-4H3,(H,22,24)(H,19,20,21). The quantitative estimate of drug-likeness (QED) is 0.765. The van der Waals surface area contributed by atoms with Crippen molar-refractivity contribution in [3.8, 4) is 0 Å². The van der Waals surface area contributed by atoms with Gasteiger partial charge in [-0.25, -0.2) is 9.97 Å². The molecule has 6 heteroatoms. The summed E-state index contributed by atoms with van der Waals surface area (Å²) in [4.78, 5) is 22.7. The minimum absolute atomic E-state index is 0.235. The molecular formula is C18H25N5O. The van der Waals surface area contributed by atoms with Crippen LogP contribution in [0.4, 0.5) is 11.5 Å². The predicted octanol–water partition coefficient (Wildman–Crippen LogP) is 2.71. The topological polar surface area (TPSA) is 70.2 Å². The number of benzene rings is 1. The van der Waals surface area contributed by atoms with Crippen LogP contribution in [0.15, 0.2) is 30.6 Å². The largest absolute Gasteiger partial charge is 0.370 e. The van der Waals surface area contributed by atoms with E-state index in [0.29, 0.717) is 11.5 Å². The molecule has 2 N–H and O–H groups in total. The van der Waals surface area contributed by atoms with E-state index in [2.05, 4.69) is 25.5 Å². The minimum atomic E-state index is -0.235. The van der Waals surface area contributed by atoms with Gasteiger partial charge in [0.15, 0.2) is 0 Å². The third-order valence-electron chi connectivity index (χ3n) is 3.62. The number of carbonyl (C=O) groups is 1. The number of hydrogen-bond donors (Lipinski definition) is 2. The Balaban J connectivity index is 1.98. The van der Waals surface area contributed by atoms with Crippen LogP contribution < -0.4 is 10.6 Å². The third kappa shape index (κ3) is 5.31. The molecule has 2 rings (SSSR count). The molecule has 24 heavy (non-hydrogen) atoms. The molecule has 6 nitrogen and oxygen atoms in total. The van der Waals surface area contributed by atoms with Crippen molar-refractivity contribution in [2.45, 2.75) is 20.3 Å². The van der Waals surface area contributed by atoms with Gasteiger partial charge in [-0.15, -0.1) is 0 Å². The fraction of sp³-hybridized carbons (Fsp3) is 0.389. The number of amides is 1. The first-order valence-electron chi connectivity index (χ1n) is 8.05. The summed E-state index contributed by atoms with van der Waals surface area (Å²) in [5.41, 5.74) is 3.33. The number of anilines is 2. The molecule has 128 valence electrons. The Morgan fingerprint density at radius 1 is 1.17 bits per heavy atom. The summed E-state index contributed by atoms with van der Waals surface area (Å²) in [6.45, 7) is 5.79. The van der Waals surface area contributed by atoms with E-state index in [9.17, 15) is 4.79 Å². The molecule has 0 atom stereocenters. The van der Waals surface area contributed by atoms with Crippen LogP contribution in [0.5, 0.6) is 0 Å². The fourth-order valence-corrected chi connectivity index (χ4v) is 2.33. The van der Waals surface area contributed by atoms with E-state index in [-0.39, 0.29) is 5.91 Å². The molecule has 1 aromatic carbocycles. The van der Waals surface area contributed by atoms with Crippen molar-refractivity contribution in [1.29, 1.82) is 0 Å². The lowest BCUT2D eigenvalue weighted by atomic mass is 10.1. The number of rotatable bonds is 7. The lowest BCUT2D eigenvalue weighted by Crippen LogP contribution is -2.18. The van der Waals surface area contributed by atoms with Gasteiger partial charge < -0.3 is 15.5 Å². The molecule has 0 radical (unpaired) electrons. The number of nitrogens with one attached hydrogen (secondary N) is 2. The number of aromatic nitrogens is 2. The highest BCUT2D eigenvalue weighted by atomic mass is 16.1. The Kier molecular flexibility index (Phi) is 6.26. The van der Waals surface area contributed by atoms with Gasteiger partial charge in [-0.2, -0.15) is 0 Å². The molecule has 1 amide bonds. The van der Waals surface area contributed by atoms with Crippen molar-refractivity contribution in [1.82, 2.24) is 14.9 Å². The lowest BCUT2D eigenvalue weighted by Gasteiger charge is -2.11. The molecule has 0 aliphatic carbocycles. The third-order valence-corrected chi connectivity index (χ3v) is 3.62. The van der Waals surface area contributed by atoms with Gasteiger partial charge in [0.1, 0.15) is 17.8 Å². The zero-order valence-electron chi connectivity index (χ0n) is 14.8. The van der Waals surface area contributed by atoms with E-state index in [1.807, 2.05) is 46.1 Å². The molecule has 0 aliphatic rings. The Morgan fingerprint density at radius 2 is 1.96 bits per heavy atom. The van der Waals surface area contributed by atoms with E-state index in [1.165, 1.54) is 6.33 Å². The zero-order valence-corrected chi connectivity index (χ0v) is 14.8. The Morgan fingerprint density at radius 3 is 2.67 bits per heavy atom. The van der Waals surface area contributed by atoms with Crippen LogP contribution in [0, 0.1) is 13.8 Å². The summed E-state index contributed by atoms with van der Waals surface area (Å²) in [7, 11) is 4.08. The average molecular weight is 327 g/mol. The molecule has 0 spiro atoms. The van der Waals surface area contributed by atoms with Crippen molar-refractivity contribution in [3.05, 3.63) is 47.4 Å². The van der Waals surface area contributed by atoms with E-state index in [0.717, 1.165) is 36.3 Å². The first kappa shape index (κ1) is 17.9. The second-order valence-electron chi connectivity index (χ2n) is 6.14. The summed E-state index contributed by atoms with van der Waals surface area (Å²) in [6, 6.07) is 7.59. The SMILES string of the molecule is Cc1ccc(NC(=O)c2cc(NCCCN(C)C)ncn2)c(C)c1. The van der Waals surface area contributed by atoms with Crippen LogP contribution in [0.3, 0.4) is 0 Å². The minimum Gasteiger partial charge on any atom is -0.370 e. The van der Waals surface area contributed by atoms with Crippen molar-refractivity contribution in [2.75, 3.05) is 37.8 Å². The van der Waals surface area contributed by atoms with E-state index in [1.54, 1.807) is 6.07 Å². The predicted molar refractivity (Wildman–Crippen MR) is 97.6 cm³/mol. The molecule has 1 heterocycles. The second kappa shape index (κ2) is 8.40. The van der Waals surface area contributed by atoms with Gasteiger partial charge >= 0.3 is 0 Å². The molecule has 0 fully saturated rings. The van der Waals surface area contributed by atoms with Crippen LogP contribution in [0.25, 0.3) is 0 Å². The smallest absolute Gasteiger partial charge is 0.274 e. The van der Waals surface area contributed by atoms with Gasteiger partial charge in [0.05, 0.1) is 0 Å². The maximum Gasteiger partial charge on any atom is 0.274 e. The van der Waals surface area contributed by atoms with Gasteiger partial charge in [-0.3, -0.25) is 4.79 Å².